The lowest BCUT2D eigenvalue weighted by Crippen LogP contribution is -2.23. The molecule has 1 aliphatic heterocycles. The second kappa shape index (κ2) is 6.14. The summed E-state index contributed by atoms with van der Waals surface area (Å²) in [4.78, 5) is 11.5. The summed E-state index contributed by atoms with van der Waals surface area (Å²) >= 11 is 0. The Balaban J connectivity index is 1.81. The van der Waals surface area contributed by atoms with Crippen LogP contribution in [0.5, 0.6) is 5.75 Å². The summed E-state index contributed by atoms with van der Waals surface area (Å²) in [5.41, 5.74) is 2.04. The second-order valence-corrected chi connectivity index (χ2v) is 8.04. The van der Waals surface area contributed by atoms with E-state index in [0.29, 0.717) is 22.4 Å². The fraction of sp³-hybridized carbons (Fsp3) is 0.0500. The van der Waals surface area contributed by atoms with Crippen molar-refractivity contribution in [2.45, 2.75) is 11.4 Å². The topological polar surface area (TPSA) is 94.9 Å². The maximum absolute atomic E-state index is 12.8. The lowest BCUT2D eigenvalue weighted by molar-refractivity contribution is 0.0697. The van der Waals surface area contributed by atoms with Crippen molar-refractivity contribution in [1.82, 2.24) is 0 Å². The minimum absolute atomic E-state index is 0.0598. The van der Waals surface area contributed by atoms with Crippen molar-refractivity contribution in [2.24, 2.45) is 0 Å². The molecule has 3 aromatic rings. The molecule has 6 nitrogen and oxygen atoms in total. The summed E-state index contributed by atoms with van der Waals surface area (Å²) in [6, 6.07) is 17.4. The highest BCUT2D eigenvalue weighted by atomic mass is 32.2. The molecule has 0 atom stereocenters. The lowest BCUT2D eigenvalue weighted by atomic mass is 10.0. The number of aromatic hydroxyl groups is 1. The molecular formula is C20H15NO5S. The number of aromatic carboxylic acids is 1. The molecule has 7 heteroatoms. The predicted molar refractivity (Wildman–Crippen MR) is 100 cm³/mol. The predicted octanol–water partition coefficient (Wildman–Crippen LogP) is 3.47. The van der Waals surface area contributed by atoms with E-state index in [4.69, 9.17) is 0 Å². The van der Waals surface area contributed by atoms with Crippen molar-refractivity contribution < 1.29 is 23.4 Å². The molecule has 0 saturated carbocycles. The van der Waals surface area contributed by atoms with Gasteiger partial charge in [0.05, 0.1) is 22.7 Å². The van der Waals surface area contributed by atoms with E-state index in [1.807, 2.05) is 0 Å². The summed E-state index contributed by atoms with van der Waals surface area (Å²) in [7, 11) is -3.68. The van der Waals surface area contributed by atoms with Crippen LogP contribution in [-0.4, -0.2) is 24.6 Å². The van der Waals surface area contributed by atoms with Crippen molar-refractivity contribution >= 4 is 21.7 Å². The molecule has 0 fully saturated rings. The normalized spacial score (nSPS) is 14.7. The van der Waals surface area contributed by atoms with E-state index in [0.717, 1.165) is 0 Å². The van der Waals surface area contributed by atoms with Gasteiger partial charge in [0.1, 0.15) is 5.75 Å². The fourth-order valence-electron chi connectivity index (χ4n) is 3.20. The Morgan fingerprint density at radius 1 is 0.963 bits per heavy atom. The first kappa shape index (κ1) is 17.1. The first-order chi connectivity index (χ1) is 12.9. The SMILES string of the molecule is O=C(O)c1cccc(-c2cc(N3Cc4ccccc4S3(=O)=O)ccc2O)c1. The van der Waals surface area contributed by atoms with Crippen LogP contribution in [0.1, 0.15) is 15.9 Å². The molecule has 0 saturated heterocycles. The molecular weight excluding hydrogens is 366 g/mol. The van der Waals surface area contributed by atoms with Gasteiger partial charge in [-0.15, -0.1) is 0 Å². The van der Waals surface area contributed by atoms with E-state index >= 15 is 0 Å². The maximum atomic E-state index is 12.8. The minimum atomic E-state index is -3.68. The summed E-state index contributed by atoms with van der Waals surface area (Å²) in [6.45, 7) is 0.206. The number of hydrogen-bond acceptors (Lipinski definition) is 4. The van der Waals surface area contributed by atoms with Crippen molar-refractivity contribution in [3.8, 4) is 16.9 Å². The number of phenolic OH excluding ortho intramolecular Hbond substituents is 1. The Morgan fingerprint density at radius 3 is 2.48 bits per heavy atom. The van der Waals surface area contributed by atoms with Crippen molar-refractivity contribution in [2.75, 3.05) is 4.31 Å². The molecule has 2 N–H and O–H groups in total. The summed E-state index contributed by atoms with van der Waals surface area (Å²) in [5, 5.41) is 19.4. The Kier molecular flexibility index (Phi) is 3.89. The number of rotatable bonds is 3. The standard InChI is InChI=1S/C20H15NO5S/c22-18-9-8-16(11-17(18)13-5-3-6-14(10-13)20(23)24)21-12-15-4-1-2-7-19(15)27(21,25)26/h1-11,22H,12H2,(H,23,24). The zero-order valence-electron chi connectivity index (χ0n) is 14.0. The molecule has 0 amide bonds. The van der Waals surface area contributed by atoms with Gasteiger partial charge in [0.15, 0.2) is 0 Å². The van der Waals surface area contributed by atoms with E-state index in [1.165, 1.54) is 28.6 Å². The molecule has 1 heterocycles. The lowest BCUT2D eigenvalue weighted by Gasteiger charge is -2.18. The molecule has 0 bridgehead atoms. The van der Waals surface area contributed by atoms with Gasteiger partial charge in [-0.25, -0.2) is 13.2 Å². The van der Waals surface area contributed by atoms with Crippen LogP contribution in [0, 0.1) is 0 Å². The summed E-state index contributed by atoms with van der Waals surface area (Å²) in [5.74, 6) is -1.14. The van der Waals surface area contributed by atoms with Crippen molar-refractivity contribution in [3.05, 3.63) is 77.9 Å². The van der Waals surface area contributed by atoms with Crippen LogP contribution in [0.3, 0.4) is 0 Å². The van der Waals surface area contributed by atoms with Gasteiger partial charge in [0.25, 0.3) is 10.0 Å². The first-order valence-corrected chi connectivity index (χ1v) is 9.59. The highest BCUT2D eigenvalue weighted by Gasteiger charge is 2.34. The number of sulfonamides is 1. The van der Waals surface area contributed by atoms with Gasteiger partial charge in [-0.05, 0) is 47.5 Å². The third-order valence-electron chi connectivity index (χ3n) is 4.54. The monoisotopic (exact) mass is 381 g/mol. The summed E-state index contributed by atoms with van der Waals surface area (Å²) in [6.07, 6.45) is 0. The van der Waals surface area contributed by atoms with Crippen LogP contribution in [0.25, 0.3) is 11.1 Å². The molecule has 0 unspecified atom stereocenters. The van der Waals surface area contributed by atoms with Gasteiger partial charge >= 0.3 is 5.97 Å². The Hall–Kier alpha value is -3.32. The number of benzene rings is 3. The van der Waals surface area contributed by atoms with E-state index in [1.54, 1.807) is 42.5 Å². The molecule has 3 aromatic carbocycles. The molecule has 1 aliphatic rings. The van der Waals surface area contributed by atoms with Crippen molar-refractivity contribution in [1.29, 1.82) is 0 Å². The molecule has 0 spiro atoms. The van der Waals surface area contributed by atoms with E-state index in [2.05, 4.69) is 0 Å². The zero-order valence-corrected chi connectivity index (χ0v) is 14.8. The molecule has 0 radical (unpaired) electrons. The van der Waals surface area contributed by atoms with Crippen LogP contribution < -0.4 is 4.31 Å². The zero-order chi connectivity index (χ0) is 19.2. The fourth-order valence-corrected chi connectivity index (χ4v) is 4.86. The van der Waals surface area contributed by atoms with Gasteiger partial charge in [-0.1, -0.05) is 30.3 Å². The Bertz CT molecular complexity index is 1170. The van der Waals surface area contributed by atoms with Crippen LogP contribution in [0.15, 0.2) is 71.6 Å². The van der Waals surface area contributed by atoms with Crippen LogP contribution in [-0.2, 0) is 16.6 Å². The number of carboxylic acids is 1. The second-order valence-electron chi connectivity index (χ2n) is 6.21. The number of phenols is 1. The third-order valence-corrected chi connectivity index (χ3v) is 6.42. The van der Waals surface area contributed by atoms with Crippen LogP contribution >= 0.6 is 0 Å². The quantitative estimate of drug-likeness (QED) is 0.724. The largest absolute Gasteiger partial charge is 0.507 e. The molecule has 136 valence electrons. The number of anilines is 1. The molecule has 0 aliphatic carbocycles. The van der Waals surface area contributed by atoms with Gasteiger partial charge in [0.2, 0.25) is 0 Å². The van der Waals surface area contributed by atoms with Gasteiger partial charge < -0.3 is 10.2 Å². The van der Waals surface area contributed by atoms with Crippen LogP contribution in [0.2, 0.25) is 0 Å². The number of carbonyl (C=O) groups is 1. The number of fused-ring (bicyclic) bond motifs is 1. The third kappa shape index (κ3) is 2.82. The maximum Gasteiger partial charge on any atom is 0.335 e. The molecule has 27 heavy (non-hydrogen) atoms. The number of hydrogen-bond donors (Lipinski definition) is 2. The van der Waals surface area contributed by atoms with E-state index < -0.39 is 16.0 Å². The number of carboxylic acid groups (broad SMARTS) is 1. The van der Waals surface area contributed by atoms with Gasteiger partial charge in [0, 0.05) is 5.56 Å². The minimum Gasteiger partial charge on any atom is -0.507 e. The first-order valence-electron chi connectivity index (χ1n) is 8.15. The highest BCUT2D eigenvalue weighted by Crippen LogP contribution is 2.39. The average Bonchev–Trinajstić information content (AvgIpc) is 2.93. The van der Waals surface area contributed by atoms with E-state index in [-0.39, 0.29) is 22.8 Å². The van der Waals surface area contributed by atoms with Gasteiger partial charge in [-0.2, -0.15) is 0 Å². The van der Waals surface area contributed by atoms with Crippen LogP contribution in [0.4, 0.5) is 5.69 Å². The highest BCUT2D eigenvalue weighted by molar-refractivity contribution is 7.93. The Labute approximate surface area is 156 Å². The van der Waals surface area contributed by atoms with E-state index in [9.17, 15) is 23.4 Å². The summed E-state index contributed by atoms with van der Waals surface area (Å²) < 4.78 is 27.0. The Morgan fingerprint density at radius 2 is 1.74 bits per heavy atom. The van der Waals surface area contributed by atoms with Crippen molar-refractivity contribution in [3.63, 3.8) is 0 Å². The number of nitrogens with zero attached hydrogens (tertiary/aromatic N) is 1. The average molecular weight is 381 g/mol. The molecule has 4 rings (SSSR count). The van der Waals surface area contributed by atoms with Gasteiger partial charge in [-0.3, -0.25) is 4.31 Å². The smallest absolute Gasteiger partial charge is 0.335 e. The molecule has 0 aromatic heterocycles.